The molecule has 0 fully saturated rings. The molecule has 441 valence electrons. The van der Waals surface area contributed by atoms with Crippen LogP contribution >= 0.6 is 0 Å². The van der Waals surface area contributed by atoms with Gasteiger partial charge in [0.15, 0.2) is 0 Å². The second-order valence-electron chi connectivity index (χ2n) is 26.2. The van der Waals surface area contributed by atoms with Crippen molar-refractivity contribution in [3.8, 4) is 0 Å². The summed E-state index contributed by atoms with van der Waals surface area (Å²) in [6.07, 6.45) is 36.4. The Morgan fingerprint density at radius 3 is 0.329 bits per heavy atom. The van der Waals surface area contributed by atoms with E-state index in [1.165, 1.54) is 135 Å². The molecular weight excluding hydrogens is 1010 g/mol. The van der Waals surface area contributed by atoms with Crippen molar-refractivity contribution in [1.82, 2.24) is 0 Å². The molecule has 0 heterocycles. The summed E-state index contributed by atoms with van der Waals surface area (Å²) >= 11 is -1.69. The molecule has 0 aromatic carbocycles. The van der Waals surface area contributed by atoms with E-state index in [-0.39, 0.29) is 0 Å². The van der Waals surface area contributed by atoms with Crippen molar-refractivity contribution >= 4 is 48.4 Å². The number of hydrogen-bond donors (Lipinski definition) is 0. The second-order valence-corrected chi connectivity index (χ2v) is 65.0. The predicted octanol–water partition coefficient (Wildman–Crippen LogP) is 26.8. The molecule has 0 aliphatic carbocycles. The van der Waals surface area contributed by atoms with Gasteiger partial charge in [-0.15, -0.1) is 0 Å². The zero-order chi connectivity index (χ0) is 55.8. The fourth-order valence-electron chi connectivity index (χ4n) is 21.3. The van der Waals surface area contributed by atoms with E-state index in [0.29, 0.717) is 10.6 Å². The molecule has 0 aliphatic heterocycles. The van der Waals surface area contributed by atoms with Gasteiger partial charge in [0.1, 0.15) is 0 Å². The van der Waals surface area contributed by atoms with Crippen molar-refractivity contribution in [3.05, 3.63) is 0 Å². The van der Waals surface area contributed by atoms with Gasteiger partial charge in [-0.3, -0.25) is 0 Å². The summed E-state index contributed by atoms with van der Waals surface area (Å²) in [6.45, 7) is 58.7. The first kappa shape index (κ1) is 74.8. The molecule has 0 nitrogen and oxygen atoms in total. The molecule has 0 unspecified atom stereocenters. The summed E-state index contributed by atoms with van der Waals surface area (Å²) < 4.78 is 2.14. The third kappa shape index (κ3) is 15.3. The van der Waals surface area contributed by atoms with Crippen molar-refractivity contribution < 1.29 is 14.1 Å². The third-order valence-corrected chi connectivity index (χ3v) is 90.1. The summed E-state index contributed by atoms with van der Waals surface area (Å²) in [5.41, 5.74) is 0. The summed E-state index contributed by atoms with van der Waals surface area (Å²) in [5.74, 6) is 0. The van der Waals surface area contributed by atoms with Gasteiger partial charge in [-0.1, -0.05) is 0 Å². The van der Waals surface area contributed by atoms with Gasteiger partial charge in [0.25, 0.3) is 0 Å². The van der Waals surface area contributed by atoms with Crippen LogP contribution in [0.5, 0.6) is 0 Å². The molecular formula is C66H147CrSi6. The van der Waals surface area contributed by atoms with Gasteiger partial charge in [0.2, 0.25) is 0 Å². The fourth-order valence-corrected chi connectivity index (χ4v) is 117. The van der Waals surface area contributed by atoms with Crippen LogP contribution in [0.4, 0.5) is 0 Å². The average Bonchev–Trinajstić information content (AvgIpc) is 3.34. The third-order valence-electron chi connectivity index (χ3n) is 21.1. The molecule has 0 saturated heterocycles. The monoisotopic (exact) mass is 1160 g/mol. The maximum atomic E-state index is 2.88. The molecule has 0 N–H and O–H groups in total. The predicted molar refractivity (Wildman–Crippen MR) is 359 cm³/mol. The molecule has 0 atom stereocenters. The van der Waals surface area contributed by atoms with Gasteiger partial charge < -0.3 is 0 Å². The van der Waals surface area contributed by atoms with E-state index < -0.39 is 62.6 Å². The van der Waals surface area contributed by atoms with Crippen LogP contribution in [0.1, 0.15) is 299 Å². The van der Waals surface area contributed by atoms with E-state index in [0.717, 1.165) is 0 Å². The summed E-state index contributed by atoms with van der Waals surface area (Å²) in [6, 6.07) is 30.6. The Balaban J connectivity index is 13.0. The van der Waals surface area contributed by atoms with Crippen LogP contribution in [-0.4, -0.2) is 48.4 Å². The van der Waals surface area contributed by atoms with Crippen LogP contribution in [0, 0.1) is 0 Å². The fraction of sp³-hybridized carbons (Fsp3) is 1.00. The van der Waals surface area contributed by atoms with Crippen molar-refractivity contribution in [1.29, 1.82) is 0 Å². The Morgan fingerprint density at radius 1 is 0.164 bits per heavy atom. The normalized spacial score (nSPS) is 14.1. The van der Waals surface area contributed by atoms with Gasteiger partial charge in [0, 0.05) is 0 Å². The molecule has 0 saturated carbocycles. The topological polar surface area (TPSA) is 0 Å². The van der Waals surface area contributed by atoms with Crippen LogP contribution in [0.2, 0.25) is 119 Å². The van der Waals surface area contributed by atoms with Gasteiger partial charge in [-0.05, 0) is 0 Å². The van der Waals surface area contributed by atoms with Gasteiger partial charge in [-0.25, -0.2) is 0 Å². The van der Waals surface area contributed by atoms with Crippen molar-refractivity contribution in [2.45, 2.75) is 419 Å². The number of hydrogen-bond acceptors (Lipinski definition) is 0. The molecule has 0 spiro atoms. The summed E-state index contributed by atoms with van der Waals surface area (Å²) in [5, 5.41) is 0. The first-order valence-corrected chi connectivity index (χ1v) is 52.5. The molecule has 7 heteroatoms. The van der Waals surface area contributed by atoms with Crippen LogP contribution in [0.3, 0.4) is 0 Å². The van der Waals surface area contributed by atoms with E-state index in [1.807, 2.05) is 0 Å². The first-order chi connectivity index (χ1) is 35.1. The zero-order valence-electron chi connectivity index (χ0n) is 55.6. The molecule has 0 rings (SSSR count). The molecule has 0 aliphatic rings. The van der Waals surface area contributed by atoms with Crippen LogP contribution in [-0.2, 0) is 14.1 Å². The van der Waals surface area contributed by atoms with Crippen LogP contribution in [0.25, 0.3) is 0 Å². The summed E-state index contributed by atoms with van der Waals surface area (Å²) in [4.78, 5) is 0. The number of rotatable bonds is 51. The quantitative estimate of drug-likeness (QED) is 0.0533. The van der Waals surface area contributed by atoms with Crippen molar-refractivity contribution in [3.63, 3.8) is 0 Å². The van der Waals surface area contributed by atoms with E-state index in [9.17, 15) is 0 Å². The Bertz CT molecular complexity index is 995. The molecule has 0 aromatic rings. The molecule has 73 heavy (non-hydrogen) atoms. The first-order valence-electron chi connectivity index (χ1n) is 34.9. The zero-order valence-corrected chi connectivity index (χ0v) is 62.9. The van der Waals surface area contributed by atoms with E-state index in [2.05, 4.69) is 145 Å². The maximum absolute atomic E-state index is 2.88. The summed E-state index contributed by atoms with van der Waals surface area (Å²) in [7, 11) is -12.4. The van der Waals surface area contributed by atoms with Crippen LogP contribution in [0.15, 0.2) is 0 Å². The Hall–Kier alpha value is 1.83. The van der Waals surface area contributed by atoms with Gasteiger partial charge >= 0.3 is 481 Å². The van der Waals surface area contributed by atoms with E-state index in [1.54, 1.807) is 128 Å². The van der Waals surface area contributed by atoms with E-state index in [4.69, 9.17) is 0 Å². The van der Waals surface area contributed by atoms with Crippen molar-refractivity contribution in [2.24, 2.45) is 0 Å². The Morgan fingerprint density at radius 2 is 0.260 bits per heavy atom. The standard InChI is InChI=1S/3C22H49Si2.Cr/c3*1-8-15-22(23(16-9-2,17-10-3)18-11-4)24(19-12-5,20-13-6)21-14-7;/h3*8-21H2,1-7H3;. The van der Waals surface area contributed by atoms with Gasteiger partial charge in [-0.2, -0.15) is 0 Å². The molecule has 0 radical (unpaired) electrons. The van der Waals surface area contributed by atoms with E-state index >= 15 is 0 Å². The molecule has 0 bridgehead atoms. The van der Waals surface area contributed by atoms with Gasteiger partial charge in [0.05, 0.1) is 0 Å². The second kappa shape index (κ2) is 38.5. The minimum absolute atomic E-state index is 0.713. The Kier molecular flexibility index (Phi) is 39.5. The minimum atomic E-state index is -2.07. The molecule has 0 amide bonds. The van der Waals surface area contributed by atoms with Crippen molar-refractivity contribution in [2.75, 3.05) is 0 Å². The Labute approximate surface area is 477 Å². The SMILES string of the molecule is CCC[C]([Cr]([C](CCC)([Si](CCC)(CCC)CCC)[Si](CCC)(CCC)CCC)[C](CCC)([Si](CCC)(CCC)CCC)[Si](CCC)(CCC)CCC)([Si](CCC)(CCC)CCC)[Si](CCC)(CCC)CCC. The molecule has 0 aromatic heterocycles. The average molecular weight is 1160 g/mol. The van der Waals surface area contributed by atoms with Crippen LogP contribution < -0.4 is 0 Å².